The van der Waals surface area contributed by atoms with E-state index in [-0.39, 0.29) is 36.2 Å². The highest BCUT2D eigenvalue weighted by Gasteiger charge is 2.11. The van der Waals surface area contributed by atoms with Crippen molar-refractivity contribution in [2.75, 3.05) is 6.61 Å². The van der Waals surface area contributed by atoms with Gasteiger partial charge in [0.15, 0.2) is 6.61 Å². The van der Waals surface area contributed by atoms with Crippen LogP contribution in [0.4, 0.5) is 4.39 Å². The van der Waals surface area contributed by atoms with Crippen LogP contribution in [-0.2, 0) is 11.3 Å². The second kappa shape index (κ2) is 7.59. The molecule has 0 aliphatic rings. The van der Waals surface area contributed by atoms with Gasteiger partial charge in [0.25, 0.3) is 11.8 Å². The van der Waals surface area contributed by atoms with Gasteiger partial charge in [0.05, 0.1) is 5.56 Å². The van der Waals surface area contributed by atoms with Gasteiger partial charge in [-0.2, -0.15) is 0 Å². The van der Waals surface area contributed by atoms with E-state index in [4.69, 9.17) is 10.5 Å². The van der Waals surface area contributed by atoms with Crippen LogP contribution in [0.3, 0.4) is 0 Å². The van der Waals surface area contributed by atoms with Crippen molar-refractivity contribution in [1.82, 2.24) is 5.32 Å². The number of aryl methyl sites for hydroxylation is 2. The summed E-state index contributed by atoms with van der Waals surface area (Å²) in [5.74, 6) is -1.06. The summed E-state index contributed by atoms with van der Waals surface area (Å²) in [4.78, 5) is 23.2. The zero-order chi connectivity index (χ0) is 17.7. The molecule has 2 amide bonds. The van der Waals surface area contributed by atoms with Gasteiger partial charge in [-0.25, -0.2) is 4.39 Å². The topological polar surface area (TPSA) is 81.4 Å². The summed E-state index contributed by atoms with van der Waals surface area (Å²) in [6.07, 6.45) is 0. The minimum atomic E-state index is -0.625. The van der Waals surface area contributed by atoms with Crippen LogP contribution in [0.1, 0.15) is 27.0 Å². The molecule has 0 saturated carbocycles. The maximum absolute atomic E-state index is 13.4. The number of rotatable bonds is 6. The number of carbonyl (C=O) groups is 2. The summed E-state index contributed by atoms with van der Waals surface area (Å²) in [6.45, 7) is 3.43. The number of hydrogen-bond acceptors (Lipinski definition) is 3. The average Bonchev–Trinajstić information content (AvgIpc) is 2.53. The lowest BCUT2D eigenvalue weighted by Crippen LogP contribution is -2.29. The Bertz CT molecular complexity index is 775. The minimum Gasteiger partial charge on any atom is -0.483 e. The van der Waals surface area contributed by atoms with E-state index < -0.39 is 5.91 Å². The third-order valence-electron chi connectivity index (χ3n) is 3.49. The number of primary amides is 1. The summed E-state index contributed by atoms with van der Waals surface area (Å²) in [6, 6.07) is 9.70. The molecular weight excluding hydrogens is 311 g/mol. The zero-order valence-corrected chi connectivity index (χ0v) is 13.6. The number of nitrogens with one attached hydrogen (secondary N) is 1. The van der Waals surface area contributed by atoms with Crippen LogP contribution in [-0.4, -0.2) is 18.4 Å². The first-order chi connectivity index (χ1) is 11.4. The van der Waals surface area contributed by atoms with Crippen molar-refractivity contribution < 1.29 is 18.7 Å². The fraction of sp³-hybridized carbons (Fsp3) is 0.222. The molecule has 2 aromatic rings. The summed E-state index contributed by atoms with van der Waals surface area (Å²) in [5.41, 5.74) is 7.57. The summed E-state index contributed by atoms with van der Waals surface area (Å²) in [7, 11) is 0. The zero-order valence-electron chi connectivity index (χ0n) is 13.6. The predicted octanol–water partition coefficient (Wildman–Crippen LogP) is 2.24. The summed E-state index contributed by atoms with van der Waals surface area (Å²) in [5, 5.41) is 2.63. The van der Waals surface area contributed by atoms with Crippen LogP contribution in [0.5, 0.6) is 5.75 Å². The lowest BCUT2D eigenvalue weighted by molar-refractivity contribution is -0.123. The molecule has 24 heavy (non-hydrogen) atoms. The largest absolute Gasteiger partial charge is 0.483 e. The molecular formula is C18H19FN2O3. The first-order valence-electron chi connectivity index (χ1n) is 7.42. The van der Waals surface area contributed by atoms with E-state index in [0.717, 1.165) is 5.56 Å². The normalized spacial score (nSPS) is 10.3. The van der Waals surface area contributed by atoms with Crippen molar-refractivity contribution in [2.45, 2.75) is 20.4 Å². The standard InChI is InChI=1S/C18H19FN2O3/c1-11-3-6-14(18(20)23)16(7-11)24-10-17(22)21-9-13-5-4-12(2)15(19)8-13/h3-8H,9-10H2,1-2H3,(H2,20,23)(H,21,22). The van der Waals surface area contributed by atoms with Crippen molar-refractivity contribution in [3.05, 3.63) is 64.5 Å². The third kappa shape index (κ3) is 4.55. The van der Waals surface area contributed by atoms with E-state index in [0.29, 0.717) is 11.1 Å². The molecule has 126 valence electrons. The van der Waals surface area contributed by atoms with E-state index in [1.165, 1.54) is 6.07 Å². The fourth-order valence-corrected chi connectivity index (χ4v) is 2.09. The Morgan fingerprint density at radius 1 is 1.17 bits per heavy atom. The molecule has 0 bridgehead atoms. The molecule has 0 aliphatic heterocycles. The Morgan fingerprint density at radius 3 is 2.58 bits per heavy atom. The maximum Gasteiger partial charge on any atom is 0.258 e. The molecule has 0 radical (unpaired) electrons. The highest BCUT2D eigenvalue weighted by Crippen LogP contribution is 2.19. The van der Waals surface area contributed by atoms with E-state index in [2.05, 4.69) is 5.32 Å². The molecule has 2 rings (SSSR count). The molecule has 0 aromatic heterocycles. The molecule has 5 nitrogen and oxygen atoms in total. The SMILES string of the molecule is Cc1ccc(C(N)=O)c(OCC(=O)NCc2ccc(C)c(F)c2)c1. The lowest BCUT2D eigenvalue weighted by atomic mass is 10.1. The number of ether oxygens (including phenoxy) is 1. The Labute approximate surface area is 139 Å². The van der Waals surface area contributed by atoms with Crippen LogP contribution in [0.25, 0.3) is 0 Å². The Hall–Kier alpha value is -2.89. The van der Waals surface area contributed by atoms with Gasteiger partial charge < -0.3 is 15.8 Å². The molecule has 6 heteroatoms. The van der Waals surface area contributed by atoms with Gasteiger partial charge in [-0.1, -0.05) is 18.2 Å². The van der Waals surface area contributed by atoms with E-state index in [9.17, 15) is 14.0 Å². The van der Waals surface area contributed by atoms with Crippen molar-refractivity contribution in [1.29, 1.82) is 0 Å². The number of halogens is 1. The molecule has 0 fully saturated rings. The van der Waals surface area contributed by atoms with Gasteiger partial charge in [-0.3, -0.25) is 9.59 Å². The number of benzene rings is 2. The Balaban J connectivity index is 1.92. The van der Waals surface area contributed by atoms with Gasteiger partial charge in [-0.05, 0) is 48.7 Å². The predicted molar refractivity (Wildman–Crippen MR) is 88.2 cm³/mol. The van der Waals surface area contributed by atoms with Crippen LogP contribution in [0.15, 0.2) is 36.4 Å². The molecule has 3 N–H and O–H groups in total. The summed E-state index contributed by atoms with van der Waals surface area (Å²) < 4.78 is 18.8. The molecule has 0 saturated heterocycles. The van der Waals surface area contributed by atoms with Gasteiger partial charge >= 0.3 is 0 Å². The van der Waals surface area contributed by atoms with Gasteiger partial charge in [-0.15, -0.1) is 0 Å². The van der Waals surface area contributed by atoms with Crippen molar-refractivity contribution in [3.8, 4) is 5.75 Å². The Kier molecular flexibility index (Phi) is 5.52. The van der Waals surface area contributed by atoms with Crippen molar-refractivity contribution in [3.63, 3.8) is 0 Å². The van der Waals surface area contributed by atoms with E-state index in [1.54, 1.807) is 37.3 Å². The van der Waals surface area contributed by atoms with Crippen LogP contribution in [0.2, 0.25) is 0 Å². The fourth-order valence-electron chi connectivity index (χ4n) is 2.09. The minimum absolute atomic E-state index is 0.190. The molecule has 0 heterocycles. The Morgan fingerprint density at radius 2 is 1.92 bits per heavy atom. The van der Waals surface area contributed by atoms with Gasteiger partial charge in [0, 0.05) is 6.54 Å². The highest BCUT2D eigenvalue weighted by atomic mass is 19.1. The number of amides is 2. The maximum atomic E-state index is 13.4. The average molecular weight is 330 g/mol. The second-order valence-electron chi connectivity index (χ2n) is 5.51. The van der Waals surface area contributed by atoms with Crippen molar-refractivity contribution in [2.24, 2.45) is 5.73 Å². The molecule has 0 spiro atoms. The van der Waals surface area contributed by atoms with Crippen LogP contribution < -0.4 is 15.8 Å². The smallest absolute Gasteiger partial charge is 0.258 e. The number of nitrogens with two attached hydrogens (primary N) is 1. The first kappa shape index (κ1) is 17.5. The highest BCUT2D eigenvalue weighted by molar-refractivity contribution is 5.95. The molecule has 0 aliphatic carbocycles. The van der Waals surface area contributed by atoms with Gasteiger partial charge in [0.2, 0.25) is 0 Å². The first-order valence-corrected chi connectivity index (χ1v) is 7.42. The van der Waals surface area contributed by atoms with Crippen LogP contribution in [0, 0.1) is 19.7 Å². The number of hydrogen-bond donors (Lipinski definition) is 2. The molecule has 2 aromatic carbocycles. The molecule has 0 unspecified atom stereocenters. The third-order valence-corrected chi connectivity index (χ3v) is 3.49. The van der Waals surface area contributed by atoms with Crippen molar-refractivity contribution >= 4 is 11.8 Å². The quantitative estimate of drug-likeness (QED) is 0.852. The molecule has 0 atom stereocenters. The van der Waals surface area contributed by atoms with Crippen LogP contribution >= 0.6 is 0 Å². The lowest BCUT2D eigenvalue weighted by Gasteiger charge is -2.11. The number of carbonyl (C=O) groups excluding carboxylic acids is 2. The van der Waals surface area contributed by atoms with E-state index in [1.807, 2.05) is 6.92 Å². The van der Waals surface area contributed by atoms with Gasteiger partial charge in [0.1, 0.15) is 11.6 Å². The van der Waals surface area contributed by atoms with E-state index >= 15 is 0 Å². The summed E-state index contributed by atoms with van der Waals surface area (Å²) >= 11 is 0. The second-order valence-corrected chi connectivity index (χ2v) is 5.51. The monoisotopic (exact) mass is 330 g/mol.